The molecule has 0 amide bonds. The van der Waals surface area contributed by atoms with Crippen LogP contribution in [0.3, 0.4) is 0 Å². The Hall–Kier alpha value is -0.800. The summed E-state index contributed by atoms with van der Waals surface area (Å²) >= 11 is 5.23. The summed E-state index contributed by atoms with van der Waals surface area (Å²) in [7, 11) is 1.82. The first-order chi connectivity index (χ1) is 11.2. The average Bonchev–Trinajstić information content (AvgIpc) is 3.21. The number of nitrogens with zero attached hydrogens (tertiary/aromatic N) is 2. The highest BCUT2D eigenvalue weighted by Gasteiger charge is 2.23. The Morgan fingerprint density at radius 2 is 2.17 bits per heavy atom. The lowest BCUT2D eigenvalue weighted by Gasteiger charge is -2.20. The Morgan fingerprint density at radius 3 is 2.83 bits per heavy atom. The van der Waals surface area contributed by atoms with Crippen molar-refractivity contribution in [3.05, 3.63) is 51.1 Å². The van der Waals surface area contributed by atoms with E-state index in [2.05, 4.69) is 78.2 Å². The van der Waals surface area contributed by atoms with E-state index < -0.39 is 0 Å². The third kappa shape index (κ3) is 5.35. The highest BCUT2D eigenvalue weighted by Crippen LogP contribution is 2.20. The number of nitrogens with one attached hydrogen (secondary N) is 2. The second kappa shape index (κ2) is 9.62. The van der Waals surface area contributed by atoms with Gasteiger partial charge in [0, 0.05) is 46.6 Å². The van der Waals surface area contributed by atoms with Gasteiger partial charge in [0.05, 0.1) is 6.54 Å². The van der Waals surface area contributed by atoms with Gasteiger partial charge in [-0.15, -0.1) is 35.3 Å². The van der Waals surface area contributed by atoms with Crippen LogP contribution in [0, 0.1) is 0 Å². The molecule has 2 N–H and O–H groups in total. The molecule has 0 radical (unpaired) electrons. The van der Waals surface area contributed by atoms with E-state index in [1.54, 1.807) is 11.3 Å². The number of hydrogen-bond acceptors (Lipinski definition) is 3. The monoisotopic (exact) mass is 520 g/mol. The van der Waals surface area contributed by atoms with Gasteiger partial charge in [-0.3, -0.25) is 4.99 Å². The molecule has 130 valence electrons. The van der Waals surface area contributed by atoms with E-state index in [1.165, 1.54) is 10.6 Å². The van der Waals surface area contributed by atoms with E-state index in [0.29, 0.717) is 6.04 Å². The maximum absolute atomic E-state index is 4.34. The first kappa shape index (κ1) is 19.5. The van der Waals surface area contributed by atoms with Crippen LogP contribution in [0.4, 0.5) is 5.69 Å². The predicted molar refractivity (Wildman–Crippen MR) is 118 cm³/mol. The molecular weight excluding hydrogens is 499 g/mol. The van der Waals surface area contributed by atoms with Crippen LogP contribution >= 0.6 is 51.2 Å². The van der Waals surface area contributed by atoms with E-state index in [1.807, 2.05) is 7.05 Å². The lowest BCUT2D eigenvalue weighted by molar-refractivity contribution is 0.649. The van der Waals surface area contributed by atoms with Gasteiger partial charge < -0.3 is 15.5 Å². The van der Waals surface area contributed by atoms with Crippen LogP contribution in [0.25, 0.3) is 0 Å². The SMILES string of the molecule is CN=C(NCc1cc(Br)cs1)NC1CCN(c2ccccc2)C1.I. The molecule has 0 bridgehead atoms. The van der Waals surface area contributed by atoms with E-state index in [9.17, 15) is 0 Å². The molecule has 0 aliphatic carbocycles. The van der Waals surface area contributed by atoms with Crippen molar-refractivity contribution in [1.82, 2.24) is 10.6 Å². The van der Waals surface area contributed by atoms with E-state index in [4.69, 9.17) is 0 Å². The molecule has 4 nitrogen and oxygen atoms in total. The number of hydrogen-bond donors (Lipinski definition) is 2. The molecule has 2 heterocycles. The summed E-state index contributed by atoms with van der Waals surface area (Å²) in [4.78, 5) is 8.05. The lowest BCUT2D eigenvalue weighted by Crippen LogP contribution is -2.44. The van der Waals surface area contributed by atoms with Crippen molar-refractivity contribution in [2.75, 3.05) is 25.0 Å². The fraction of sp³-hybridized carbons (Fsp3) is 0.353. The first-order valence-corrected chi connectivity index (χ1v) is 9.42. The molecule has 1 unspecified atom stereocenters. The third-order valence-corrected chi connectivity index (χ3v) is 5.62. The number of anilines is 1. The zero-order valence-electron chi connectivity index (χ0n) is 13.5. The summed E-state index contributed by atoms with van der Waals surface area (Å²) in [5, 5.41) is 9.02. The number of rotatable bonds is 4. The highest BCUT2D eigenvalue weighted by atomic mass is 127. The Morgan fingerprint density at radius 1 is 1.38 bits per heavy atom. The zero-order chi connectivity index (χ0) is 16.1. The van der Waals surface area contributed by atoms with Gasteiger partial charge in [0.25, 0.3) is 0 Å². The van der Waals surface area contributed by atoms with Crippen molar-refractivity contribution in [3.63, 3.8) is 0 Å². The van der Waals surface area contributed by atoms with Crippen molar-refractivity contribution in [2.45, 2.75) is 19.0 Å². The molecule has 24 heavy (non-hydrogen) atoms. The van der Waals surface area contributed by atoms with Gasteiger partial charge in [-0.2, -0.15) is 0 Å². The normalized spacial score (nSPS) is 17.5. The Bertz CT molecular complexity index is 662. The molecular formula is C17H22BrIN4S. The molecule has 7 heteroatoms. The van der Waals surface area contributed by atoms with Crippen LogP contribution in [0.5, 0.6) is 0 Å². The van der Waals surface area contributed by atoms with Gasteiger partial charge >= 0.3 is 0 Å². The summed E-state index contributed by atoms with van der Waals surface area (Å²) in [5.41, 5.74) is 1.29. The average molecular weight is 521 g/mol. The number of benzene rings is 1. The minimum absolute atomic E-state index is 0. The first-order valence-electron chi connectivity index (χ1n) is 7.74. The topological polar surface area (TPSA) is 39.7 Å². The number of aliphatic imine (C=N–C) groups is 1. The number of guanidine groups is 1. The number of para-hydroxylation sites is 1. The molecule has 3 rings (SSSR count). The largest absolute Gasteiger partial charge is 0.369 e. The van der Waals surface area contributed by atoms with E-state index in [0.717, 1.165) is 36.5 Å². The molecule has 2 aromatic rings. The van der Waals surface area contributed by atoms with Crippen LogP contribution in [0.2, 0.25) is 0 Å². The van der Waals surface area contributed by atoms with Crippen LogP contribution in [0.15, 0.2) is 51.2 Å². The lowest BCUT2D eigenvalue weighted by atomic mass is 10.3. The molecule has 1 saturated heterocycles. The molecule has 1 aromatic carbocycles. The number of thiophene rings is 1. The minimum Gasteiger partial charge on any atom is -0.369 e. The van der Waals surface area contributed by atoms with Crippen molar-refractivity contribution in [1.29, 1.82) is 0 Å². The molecule has 1 aromatic heterocycles. The van der Waals surface area contributed by atoms with Gasteiger partial charge in [-0.1, -0.05) is 18.2 Å². The predicted octanol–water partition coefficient (Wildman–Crippen LogP) is 4.07. The Kier molecular flexibility index (Phi) is 7.83. The van der Waals surface area contributed by atoms with Gasteiger partial charge in [-0.25, -0.2) is 0 Å². The quantitative estimate of drug-likeness (QED) is 0.362. The van der Waals surface area contributed by atoms with Crippen molar-refractivity contribution >= 4 is 62.9 Å². The Labute approximate surface area is 172 Å². The van der Waals surface area contributed by atoms with Crippen LogP contribution in [-0.4, -0.2) is 32.1 Å². The van der Waals surface area contributed by atoms with Gasteiger partial charge in [0.2, 0.25) is 0 Å². The van der Waals surface area contributed by atoms with Gasteiger partial charge in [0.1, 0.15) is 0 Å². The molecule has 0 spiro atoms. The van der Waals surface area contributed by atoms with E-state index >= 15 is 0 Å². The number of halogens is 2. The van der Waals surface area contributed by atoms with Crippen LogP contribution < -0.4 is 15.5 Å². The molecule has 0 saturated carbocycles. The smallest absolute Gasteiger partial charge is 0.191 e. The van der Waals surface area contributed by atoms with Crippen molar-refractivity contribution < 1.29 is 0 Å². The third-order valence-electron chi connectivity index (χ3n) is 3.93. The summed E-state index contributed by atoms with van der Waals surface area (Å²) in [6.07, 6.45) is 1.13. The standard InChI is InChI=1S/C17H21BrN4S.HI/c1-19-17(20-10-16-9-13(18)12-23-16)21-14-7-8-22(11-14)15-5-3-2-4-6-15;/h2-6,9,12,14H,7-8,10-11H2,1H3,(H2,19,20,21);1H. The van der Waals surface area contributed by atoms with Gasteiger partial charge in [0.15, 0.2) is 5.96 Å². The summed E-state index contributed by atoms with van der Waals surface area (Å²) in [5.74, 6) is 0.870. The van der Waals surface area contributed by atoms with Gasteiger partial charge in [-0.05, 0) is 40.5 Å². The maximum atomic E-state index is 4.34. The van der Waals surface area contributed by atoms with E-state index in [-0.39, 0.29) is 24.0 Å². The van der Waals surface area contributed by atoms with Crippen LogP contribution in [0.1, 0.15) is 11.3 Å². The molecule has 1 atom stereocenters. The second-order valence-electron chi connectivity index (χ2n) is 5.57. The minimum atomic E-state index is 0. The zero-order valence-corrected chi connectivity index (χ0v) is 18.3. The highest BCUT2D eigenvalue weighted by molar-refractivity contribution is 14.0. The fourth-order valence-electron chi connectivity index (χ4n) is 2.76. The molecule has 1 aliphatic rings. The fourth-order valence-corrected chi connectivity index (χ4v) is 4.15. The van der Waals surface area contributed by atoms with Crippen molar-refractivity contribution in [3.8, 4) is 0 Å². The second-order valence-corrected chi connectivity index (χ2v) is 7.48. The summed E-state index contributed by atoms with van der Waals surface area (Å²) in [6, 6.07) is 13.2. The Balaban J connectivity index is 0.00000208. The summed E-state index contributed by atoms with van der Waals surface area (Å²) < 4.78 is 1.14. The summed E-state index contributed by atoms with van der Waals surface area (Å²) in [6.45, 7) is 2.89. The molecule has 1 aliphatic heterocycles. The van der Waals surface area contributed by atoms with Crippen LogP contribution in [-0.2, 0) is 6.54 Å². The van der Waals surface area contributed by atoms with Crippen molar-refractivity contribution in [2.24, 2.45) is 4.99 Å². The molecule has 1 fully saturated rings. The maximum Gasteiger partial charge on any atom is 0.191 e.